The van der Waals surface area contributed by atoms with Gasteiger partial charge in [0, 0.05) is 0 Å². The molecule has 2 nitrogen and oxygen atoms in total. The number of rotatable bonds is 3. The molecule has 0 amide bonds. The van der Waals surface area contributed by atoms with Crippen molar-refractivity contribution in [3.63, 3.8) is 0 Å². The van der Waals surface area contributed by atoms with Gasteiger partial charge in [-0.05, 0) is 11.8 Å². The fourth-order valence-corrected chi connectivity index (χ4v) is 1.81. The molecule has 11 heavy (non-hydrogen) atoms. The van der Waals surface area contributed by atoms with Crippen LogP contribution in [0, 0.1) is 11.8 Å². The molecule has 3 heteroatoms. The fourth-order valence-electron chi connectivity index (χ4n) is 1.30. The Morgan fingerprint density at radius 1 is 1.18 bits per heavy atom. The zero-order valence-corrected chi connectivity index (χ0v) is 8.39. The lowest BCUT2D eigenvalue weighted by molar-refractivity contribution is -0.0487. The average Bonchev–Trinajstić information content (AvgIpc) is 1.84. The maximum atomic E-state index is 9.99. The maximum Gasteiger partial charge on any atom is 0.110 e. The molecular weight excluding hydrogens is 162 g/mol. The van der Waals surface area contributed by atoms with Crippen molar-refractivity contribution in [2.45, 2.75) is 38.8 Å². The first-order valence-electron chi connectivity index (χ1n) is 3.95. The van der Waals surface area contributed by atoms with Gasteiger partial charge in [-0.2, -0.15) is 0 Å². The van der Waals surface area contributed by atoms with E-state index in [-0.39, 0.29) is 11.8 Å². The van der Waals surface area contributed by atoms with E-state index in [0.717, 1.165) is 0 Å². The molecule has 0 aliphatic heterocycles. The van der Waals surface area contributed by atoms with Gasteiger partial charge in [-0.15, -0.1) is 11.6 Å². The summed E-state index contributed by atoms with van der Waals surface area (Å²) in [5.41, 5.74) is 3.84. The Balaban J connectivity index is 4.53. The van der Waals surface area contributed by atoms with E-state index in [1.54, 1.807) is 0 Å². The van der Waals surface area contributed by atoms with Crippen LogP contribution in [0.2, 0.25) is 0 Å². The highest BCUT2D eigenvalue weighted by Crippen LogP contribution is 2.30. The Hall–Kier alpha value is 0.210. The van der Waals surface area contributed by atoms with Gasteiger partial charge < -0.3 is 10.8 Å². The third-order valence-corrected chi connectivity index (χ3v) is 2.64. The van der Waals surface area contributed by atoms with Crippen LogP contribution in [0.5, 0.6) is 0 Å². The van der Waals surface area contributed by atoms with Crippen LogP contribution >= 0.6 is 11.6 Å². The van der Waals surface area contributed by atoms with Gasteiger partial charge in [0.2, 0.25) is 0 Å². The van der Waals surface area contributed by atoms with Crippen LogP contribution in [-0.4, -0.2) is 16.2 Å². The van der Waals surface area contributed by atoms with E-state index >= 15 is 0 Å². The zero-order valence-electron chi connectivity index (χ0n) is 7.63. The van der Waals surface area contributed by atoms with Gasteiger partial charge in [0.25, 0.3) is 0 Å². The minimum Gasteiger partial charge on any atom is -0.386 e. The zero-order chi connectivity index (χ0) is 9.23. The van der Waals surface area contributed by atoms with Gasteiger partial charge in [-0.25, -0.2) is 0 Å². The van der Waals surface area contributed by atoms with Crippen molar-refractivity contribution in [1.29, 1.82) is 0 Å². The van der Waals surface area contributed by atoms with E-state index in [0.29, 0.717) is 0 Å². The Bertz CT molecular complexity index is 101. The second-order valence-electron chi connectivity index (χ2n) is 3.60. The highest BCUT2D eigenvalue weighted by atomic mass is 35.5. The molecule has 0 fully saturated rings. The second-order valence-corrected chi connectivity index (χ2v) is 4.07. The summed E-state index contributed by atoms with van der Waals surface area (Å²) >= 11 is 5.70. The molecule has 0 rings (SSSR count). The van der Waals surface area contributed by atoms with E-state index in [2.05, 4.69) is 0 Å². The highest BCUT2D eigenvalue weighted by Gasteiger charge is 2.39. The second kappa shape index (κ2) is 3.74. The molecule has 0 aliphatic rings. The Labute approximate surface area is 73.7 Å². The minimum absolute atomic E-state index is 0.0787. The molecule has 0 saturated carbocycles. The quantitative estimate of drug-likeness (QED) is 0.510. The number of hydrogen-bond donors (Lipinski definition) is 2. The van der Waals surface area contributed by atoms with Crippen molar-refractivity contribution in [2.75, 3.05) is 0 Å². The first kappa shape index (κ1) is 11.2. The lowest BCUT2D eigenvalue weighted by atomic mass is 9.80. The molecule has 0 bridgehead atoms. The average molecular weight is 180 g/mol. The topological polar surface area (TPSA) is 46.2 Å². The summed E-state index contributed by atoms with van der Waals surface area (Å²) in [6.07, 6.45) is 0. The molecule has 0 heterocycles. The summed E-state index contributed by atoms with van der Waals surface area (Å²) in [5.74, 6) is 0.157. The number of nitrogens with two attached hydrogens (primary N) is 1. The van der Waals surface area contributed by atoms with Gasteiger partial charge in [-0.3, -0.25) is 0 Å². The third-order valence-electron chi connectivity index (χ3n) is 2.29. The van der Waals surface area contributed by atoms with Gasteiger partial charge in [0.15, 0.2) is 0 Å². The smallest absolute Gasteiger partial charge is 0.110 e. The summed E-state index contributed by atoms with van der Waals surface area (Å²) in [6.45, 7) is 7.68. The number of halogens is 1. The summed E-state index contributed by atoms with van der Waals surface area (Å²) in [5, 5.41) is 9.99. The Kier molecular flexibility index (Phi) is 3.82. The van der Waals surface area contributed by atoms with E-state index in [1.165, 1.54) is 0 Å². The predicted octanol–water partition coefficient (Wildman–Crippen LogP) is 1.55. The van der Waals surface area contributed by atoms with Crippen molar-refractivity contribution in [1.82, 2.24) is 0 Å². The molecule has 0 radical (unpaired) electrons. The minimum atomic E-state index is -0.957. The number of aliphatic hydroxyl groups is 1. The highest BCUT2D eigenvalue weighted by molar-refractivity contribution is 6.21. The van der Waals surface area contributed by atoms with Crippen LogP contribution in [0.15, 0.2) is 0 Å². The van der Waals surface area contributed by atoms with Crippen molar-refractivity contribution in [3.8, 4) is 0 Å². The standard InChI is InChI=1S/C8H18ClNO/c1-5(2)8(11,6(3)4)7(9)10/h5-7,11H,10H2,1-4H3. The van der Waals surface area contributed by atoms with Crippen molar-refractivity contribution in [2.24, 2.45) is 17.6 Å². The monoisotopic (exact) mass is 179 g/mol. The summed E-state index contributed by atoms with van der Waals surface area (Å²) in [4.78, 5) is 0. The molecule has 0 aromatic carbocycles. The van der Waals surface area contributed by atoms with Crippen LogP contribution in [-0.2, 0) is 0 Å². The predicted molar refractivity (Wildman–Crippen MR) is 48.5 cm³/mol. The molecule has 0 saturated heterocycles. The van der Waals surface area contributed by atoms with Crippen LogP contribution in [0.25, 0.3) is 0 Å². The first-order valence-corrected chi connectivity index (χ1v) is 4.39. The Morgan fingerprint density at radius 3 is 1.45 bits per heavy atom. The lowest BCUT2D eigenvalue weighted by Crippen LogP contribution is -2.52. The maximum absolute atomic E-state index is 9.99. The van der Waals surface area contributed by atoms with E-state index in [4.69, 9.17) is 17.3 Å². The SMILES string of the molecule is CC(C)C(O)(C(C)C)C(N)Cl. The number of alkyl halides is 1. The van der Waals surface area contributed by atoms with Crippen LogP contribution < -0.4 is 5.73 Å². The van der Waals surface area contributed by atoms with Gasteiger partial charge in [0.05, 0.1) is 5.60 Å². The first-order chi connectivity index (χ1) is 4.83. The van der Waals surface area contributed by atoms with Crippen LogP contribution in [0.1, 0.15) is 27.7 Å². The third kappa shape index (κ3) is 2.08. The molecule has 0 aliphatic carbocycles. The Morgan fingerprint density at radius 2 is 1.45 bits per heavy atom. The molecular formula is C8H18ClNO. The molecule has 1 unspecified atom stereocenters. The number of hydrogen-bond acceptors (Lipinski definition) is 2. The van der Waals surface area contributed by atoms with Crippen LogP contribution in [0.3, 0.4) is 0 Å². The van der Waals surface area contributed by atoms with Crippen molar-refractivity contribution >= 4 is 11.6 Å². The summed E-state index contributed by atoms with van der Waals surface area (Å²) in [7, 11) is 0. The van der Waals surface area contributed by atoms with E-state index in [1.807, 2.05) is 27.7 Å². The van der Waals surface area contributed by atoms with Gasteiger partial charge in [0.1, 0.15) is 5.50 Å². The fraction of sp³-hybridized carbons (Fsp3) is 1.00. The largest absolute Gasteiger partial charge is 0.386 e. The normalized spacial score (nSPS) is 16.1. The van der Waals surface area contributed by atoms with Crippen LogP contribution in [0.4, 0.5) is 0 Å². The summed E-state index contributed by atoms with van der Waals surface area (Å²) < 4.78 is 0. The van der Waals surface area contributed by atoms with Gasteiger partial charge >= 0.3 is 0 Å². The molecule has 3 N–H and O–H groups in total. The molecule has 68 valence electrons. The van der Waals surface area contributed by atoms with E-state index in [9.17, 15) is 5.11 Å². The lowest BCUT2D eigenvalue weighted by Gasteiger charge is -2.38. The van der Waals surface area contributed by atoms with Crippen molar-refractivity contribution in [3.05, 3.63) is 0 Å². The van der Waals surface area contributed by atoms with Crippen molar-refractivity contribution < 1.29 is 5.11 Å². The van der Waals surface area contributed by atoms with Gasteiger partial charge in [-0.1, -0.05) is 27.7 Å². The molecule has 0 aromatic heterocycles. The summed E-state index contributed by atoms with van der Waals surface area (Å²) in [6, 6.07) is 0. The molecule has 0 spiro atoms. The van der Waals surface area contributed by atoms with E-state index < -0.39 is 11.1 Å². The molecule has 1 atom stereocenters. The molecule has 0 aromatic rings.